The molecule has 0 aliphatic carbocycles. The van der Waals surface area contributed by atoms with Crippen molar-refractivity contribution in [1.82, 2.24) is 19.8 Å². The Labute approximate surface area is 182 Å². The summed E-state index contributed by atoms with van der Waals surface area (Å²) in [4.78, 5) is 26.0. The van der Waals surface area contributed by atoms with Gasteiger partial charge in [0.1, 0.15) is 11.6 Å². The second-order valence-electron chi connectivity index (χ2n) is 8.45. The number of imidazole rings is 1. The number of fused-ring (bicyclic) bond motifs is 1. The van der Waals surface area contributed by atoms with E-state index in [4.69, 9.17) is 14.1 Å². The van der Waals surface area contributed by atoms with E-state index in [9.17, 15) is 4.79 Å². The van der Waals surface area contributed by atoms with Gasteiger partial charge in [0, 0.05) is 38.2 Å². The van der Waals surface area contributed by atoms with E-state index in [1.807, 2.05) is 35.2 Å². The molecule has 0 bridgehead atoms. The van der Waals surface area contributed by atoms with Gasteiger partial charge in [-0.15, -0.1) is 0 Å². The molecule has 1 atom stereocenters. The van der Waals surface area contributed by atoms with E-state index in [0.717, 1.165) is 93.3 Å². The highest BCUT2D eigenvalue weighted by molar-refractivity contribution is 5.92. The molecule has 1 unspecified atom stereocenters. The van der Waals surface area contributed by atoms with E-state index in [0.29, 0.717) is 5.76 Å². The number of nitrogens with zero attached hydrogens (tertiary/aromatic N) is 3. The van der Waals surface area contributed by atoms with Crippen LogP contribution in [-0.4, -0.2) is 58.5 Å². The van der Waals surface area contributed by atoms with Crippen LogP contribution >= 0.6 is 0 Å². The van der Waals surface area contributed by atoms with Crippen LogP contribution in [-0.2, 0) is 17.7 Å². The molecule has 2 aliphatic heterocycles. The summed E-state index contributed by atoms with van der Waals surface area (Å²) in [6, 6.07) is 9.93. The molecule has 2 fully saturated rings. The van der Waals surface area contributed by atoms with Crippen molar-refractivity contribution in [3.05, 3.63) is 53.2 Å². The lowest BCUT2D eigenvalue weighted by molar-refractivity contribution is 0.0339. The highest BCUT2D eigenvalue weighted by Crippen LogP contribution is 2.32. The van der Waals surface area contributed by atoms with Gasteiger partial charge in [-0.2, -0.15) is 0 Å². The van der Waals surface area contributed by atoms with Crippen LogP contribution in [0.3, 0.4) is 0 Å². The Bertz CT molecular complexity index is 1020. The number of carbonyl (C=O) groups is 1. The Hall–Kier alpha value is -2.64. The molecule has 0 saturated carbocycles. The third-order valence-electron chi connectivity index (χ3n) is 6.41. The molecule has 0 spiro atoms. The second-order valence-corrected chi connectivity index (χ2v) is 8.45. The molecule has 2 aliphatic rings. The van der Waals surface area contributed by atoms with E-state index >= 15 is 0 Å². The summed E-state index contributed by atoms with van der Waals surface area (Å²) < 4.78 is 11.5. The lowest BCUT2D eigenvalue weighted by Gasteiger charge is -2.33. The number of likely N-dealkylation sites (tertiary alicyclic amines) is 1. The number of benzene rings is 1. The number of aromatic nitrogens is 2. The number of piperidine rings is 1. The van der Waals surface area contributed by atoms with Crippen molar-refractivity contribution in [1.29, 1.82) is 0 Å². The van der Waals surface area contributed by atoms with Crippen molar-refractivity contribution in [2.45, 2.75) is 45.2 Å². The van der Waals surface area contributed by atoms with Crippen LogP contribution in [0, 0.1) is 0 Å². The molecule has 2 saturated heterocycles. The normalized spacial score (nSPS) is 20.4. The van der Waals surface area contributed by atoms with Crippen molar-refractivity contribution in [2.75, 3.05) is 32.8 Å². The van der Waals surface area contributed by atoms with E-state index in [2.05, 4.69) is 16.8 Å². The maximum Gasteiger partial charge on any atom is 0.290 e. The fourth-order valence-corrected chi connectivity index (χ4v) is 4.74. The van der Waals surface area contributed by atoms with E-state index < -0.39 is 0 Å². The summed E-state index contributed by atoms with van der Waals surface area (Å²) in [6.45, 7) is 6.96. The van der Waals surface area contributed by atoms with Crippen molar-refractivity contribution in [3.8, 4) is 0 Å². The van der Waals surface area contributed by atoms with E-state index in [-0.39, 0.29) is 11.9 Å². The number of furan rings is 1. The number of amides is 1. The molecular formula is C24H30N4O3. The number of rotatable bonds is 5. The summed E-state index contributed by atoms with van der Waals surface area (Å²) in [5.74, 6) is 2.19. The Balaban J connectivity index is 1.39. The number of aryl methyl sites for hydroxylation is 1. The van der Waals surface area contributed by atoms with Crippen molar-refractivity contribution < 1.29 is 13.9 Å². The van der Waals surface area contributed by atoms with Gasteiger partial charge in [0.25, 0.3) is 5.91 Å². The number of aromatic amines is 1. The smallest absolute Gasteiger partial charge is 0.290 e. The average molecular weight is 423 g/mol. The first-order valence-corrected chi connectivity index (χ1v) is 11.4. The third-order valence-corrected chi connectivity index (χ3v) is 6.41. The molecule has 164 valence electrons. The van der Waals surface area contributed by atoms with Crippen LogP contribution in [0.5, 0.6) is 0 Å². The Kier molecular flexibility index (Phi) is 5.78. The summed E-state index contributed by atoms with van der Waals surface area (Å²) in [6.07, 6.45) is 3.78. The number of hydrogen-bond donors (Lipinski definition) is 1. The number of carbonyl (C=O) groups excluding carboxylic acids is 1. The summed E-state index contributed by atoms with van der Waals surface area (Å²) in [5.41, 5.74) is 3.06. The topological polar surface area (TPSA) is 74.6 Å². The zero-order valence-electron chi connectivity index (χ0n) is 18.1. The SMILES string of the molecule is CCc1oc(C(=O)N2CCCCC2c2nc3ccccc3[nH]2)cc1CN1CCOCC1. The molecule has 1 amide bonds. The van der Waals surface area contributed by atoms with Gasteiger partial charge < -0.3 is 19.0 Å². The van der Waals surface area contributed by atoms with Crippen LogP contribution in [0.4, 0.5) is 0 Å². The number of morpholine rings is 1. The van der Waals surface area contributed by atoms with Crippen LogP contribution in [0.25, 0.3) is 11.0 Å². The van der Waals surface area contributed by atoms with Gasteiger partial charge in [-0.25, -0.2) is 4.98 Å². The predicted molar refractivity (Wildman–Crippen MR) is 118 cm³/mol. The first-order chi connectivity index (χ1) is 15.2. The molecule has 7 heteroatoms. The molecule has 31 heavy (non-hydrogen) atoms. The Morgan fingerprint density at radius 2 is 2.03 bits per heavy atom. The standard InChI is InChI=1S/C24H30N4O3/c1-2-21-17(16-27-11-13-30-14-12-27)15-22(31-21)24(29)28-10-6-5-9-20(28)23-25-18-7-3-4-8-19(18)26-23/h3-4,7-8,15,20H,2,5-6,9-14,16H2,1H3,(H,25,26). The minimum Gasteiger partial charge on any atom is -0.456 e. The van der Waals surface area contributed by atoms with Gasteiger partial charge in [0.15, 0.2) is 5.76 Å². The van der Waals surface area contributed by atoms with Gasteiger partial charge in [-0.1, -0.05) is 19.1 Å². The summed E-state index contributed by atoms with van der Waals surface area (Å²) >= 11 is 0. The molecule has 0 radical (unpaired) electrons. The first kappa shape index (κ1) is 20.3. The zero-order valence-corrected chi connectivity index (χ0v) is 18.1. The summed E-state index contributed by atoms with van der Waals surface area (Å²) in [7, 11) is 0. The molecule has 1 N–H and O–H groups in total. The molecule has 3 aromatic rings. The van der Waals surface area contributed by atoms with Crippen molar-refractivity contribution in [3.63, 3.8) is 0 Å². The van der Waals surface area contributed by atoms with Crippen molar-refractivity contribution >= 4 is 16.9 Å². The fourth-order valence-electron chi connectivity index (χ4n) is 4.74. The molecule has 5 rings (SSSR count). The van der Waals surface area contributed by atoms with Gasteiger partial charge in [-0.3, -0.25) is 9.69 Å². The molecule has 1 aromatic carbocycles. The van der Waals surface area contributed by atoms with Gasteiger partial charge in [-0.05, 0) is 37.5 Å². The number of ether oxygens (including phenoxy) is 1. The minimum atomic E-state index is -0.0495. The first-order valence-electron chi connectivity index (χ1n) is 11.4. The quantitative estimate of drug-likeness (QED) is 0.675. The van der Waals surface area contributed by atoms with E-state index in [1.54, 1.807) is 0 Å². The highest BCUT2D eigenvalue weighted by atomic mass is 16.5. The minimum absolute atomic E-state index is 0.0342. The maximum atomic E-state index is 13.5. The number of nitrogens with one attached hydrogen (secondary N) is 1. The van der Waals surface area contributed by atoms with Crippen LogP contribution in [0.2, 0.25) is 0 Å². The highest BCUT2D eigenvalue weighted by Gasteiger charge is 2.33. The largest absolute Gasteiger partial charge is 0.456 e. The second kappa shape index (κ2) is 8.85. The number of hydrogen-bond acceptors (Lipinski definition) is 5. The molecule has 7 nitrogen and oxygen atoms in total. The van der Waals surface area contributed by atoms with Crippen LogP contribution < -0.4 is 0 Å². The molecule has 4 heterocycles. The zero-order chi connectivity index (χ0) is 21.2. The summed E-state index contributed by atoms with van der Waals surface area (Å²) in [5, 5.41) is 0. The number of H-pyrrole nitrogens is 1. The Morgan fingerprint density at radius 3 is 2.84 bits per heavy atom. The monoisotopic (exact) mass is 422 g/mol. The van der Waals surface area contributed by atoms with Crippen LogP contribution in [0.1, 0.15) is 59.9 Å². The fraction of sp³-hybridized carbons (Fsp3) is 0.500. The Morgan fingerprint density at radius 1 is 1.19 bits per heavy atom. The number of para-hydroxylation sites is 2. The van der Waals surface area contributed by atoms with E-state index in [1.165, 1.54) is 0 Å². The van der Waals surface area contributed by atoms with Gasteiger partial charge >= 0.3 is 0 Å². The average Bonchev–Trinajstić information content (AvgIpc) is 3.43. The lowest BCUT2D eigenvalue weighted by atomic mass is 10.0. The van der Waals surface area contributed by atoms with Gasteiger partial charge in [0.2, 0.25) is 0 Å². The van der Waals surface area contributed by atoms with Crippen molar-refractivity contribution in [2.24, 2.45) is 0 Å². The van der Waals surface area contributed by atoms with Gasteiger partial charge in [0.05, 0.1) is 30.3 Å². The van der Waals surface area contributed by atoms with Crippen LogP contribution in [0.15, 0.2) is 34.7 Å². The maximum absolute atomic E-state index is 13.5. The lowest BCUT2D eigenvalue weighted by Crippen LogP contribution is -2.38. The molecule has 2 aromatic heterocycles. The third kappa shape index (κ3) is 4.12. The predicted octanol–water partition coefficient (Wildman–Crippen LogP) is 3.92. The molecular weight excluding hydrogens is 392 g/mol.